The lowest BCUT2D eigenvalue weighted by Crippen LogP contribution is -2.07. The highest BCUT2D eigenvalue weighted by Gasteiger charge is 2.20. The molecule has 70 valence electrons. The van der Waals surface area contributed by atoms with Gasteiger partial charge in [0.1, 0.15) is 11.6 Å². The van der Waals surface area contributed by atoms with Crippen molar-refractivity contribution in [2.24, 2.45) is 0 Å². The first-order chi connectivity index (χ1) is 6.27. The van der Waals surface area contributed by atoms with Crippen LogP contribution >= 0.6 is 22.6 Å². The Bertz CT molecular complexity index is 312. The highest BCUT2D eigenvalue weighted by atomic mass is 127. The van der Waals surface area contributed by atoms with Gasteiger partial charge in [0.05, 0.1) is 10.2 Å². The molecule has 4 nitrogen and oxygen atoms in total. The molecule has 2 rings (SSSR count). The third-order valence-corrected chi connectivity index (χ3v) is 2.92. The Morgan fingerprint density at radius 3 is 3.08 bits per heavy atom. The number of anilines is 1. The molecule has 2 N–H and O–H groups in total. The van der Waals surface area contributed by atoms with E-state index in [1.54, 1.807) is 6.20 Å². The lowest BCUT2D eigenvalue weighted by molar-refractivity contribution is 0.193. The third-order valence-electron chi connectivity index (χ3n) is 2.08. The van der Waals surface area contributed by atoms with Crippen LogP contribution in [0.15, 0.2) is 6.20 Å². The fraction of sp³-hybridized carbons (Fsp3) is 0.500. The van der Waals surface area contributed by atoms with Crippen molar-refractivity contribution in [1.29, 1.82) is 0 Å². The first kappa shape index (κ1) is 9.14. The van der Waals surface area contributed by atoms with Crippen molar-refractivity contribution in [1.82, 2.24) is 9.97 Å². The molecule has 0 amide bonds. The van der Waals surface area contributed by atoms with Gasteiger partial charge < -0.3 is 10.5 Å². The summed E-state index contributed by atoms with van der Waals surface area (Å²) in [6.45, 7) is 1.53. The maximum atomic E-state index is 5.69. The topological polar surface area (TPSA) is 61.0 Å². The molecule has 0 radical (unpaired) electrons. The second-order valence-corrected chi connectivity index (χ2v) is 4.18. The van der Waals surface area contributed by atoms with Crippen LogP contribution in [0.25, 0.3) is 0 Å². The molecule has 1 atom stereocenters. The predicted octanol–water partition coefficient (Wildman–Crippen LogP) is 1.17. The number of nitrogens with two attached hydrogens (primary N) is 1. The van der Waals surface area contributed by atoms with Crippen LogP contribution in [-0.4, -0.2) is 23.2 Å². The summed E-state index contributed by atoms with van der Waals surface area (Å²) in [6.07, 6.45) is 2.76. The maximum absolute atomic E-state index is 5.69. The largest absolute Gasteiger partial charge is 0.383 e. The highest BCUT2D eigenvalue weighted by Crippen LogP contribution is 2.23. The summed E-state index contributed by atoms with van der Waals surface area (Å²) >= 11 is 2.12. The number of ether oxygens (including phenoxy) is 1. The molecule has 1 saturated heterocycles. The van der Waals surface area contributed by atoms with Crippen molar-refractivity contribution in [3.05, 3.63) is 15.6 Å². The number of rotatable bonds is 1. The van der Waals surface area contributed by atoms with Crippen LogP contribution in [0.4, 0.5) is 5.82 Å². The van der Waals surface area contributed by atoms with E-state index in [1.165, 1.54) is 0 Å². The van der Waals surface area contributed by atoms with Gasteiger partial charge in [0.15, 0.2) is 0 Å². The Labute approximate surface area is 90.0 Å². The second kappa shape index (κ2) is 3.75. The van der Waals surface area contributed by atoms with Crippen LogP contribution in [0.5, 0.6) is 0 Å². The van der Waals surface area contributed by atoms with E-state index in [2.05, 4.69) is 32.6 Å². The Morgan fingerprint density at radius 2 is 2.46 bits per heavy atom. The highest BCUT2D eigenvalue weighted by molar-refractivity contribution is 14.1. The van der Waals surface area contributed by atoms with Gasteiger partial charge in [0, 0.05) is 18.7 Å². The summed E-state index contributed by atoms with van der Waals surface area (Å²) in [5.74, 6) is 1.72. The molecular formula is C8H10IN3O. The molecule has 1 aliphatic rings. The molecule has 1 aromatic heterocycles. The van der Waals surface area contributed by atoms with Gasteiger partial charge in [0.25, 0.3) is 0 Å². The molecule has 0 aliphatic carbocycles. The van der Waals surface area contributed by atoms with Gasteiger partial charge in [-0.3, -0.25) is 0 Å². The van der Waals surface area contributed by atoms with E-state index in [9.17, 15) is 0 Å². The van der Waals surface area contributed by atoms with Gasteiger partial charge in [-0.25, -0.2) is 9.97 Å². The Kier molecular flexibility index (Phi) is 2.63. The third kappa shape index (κ3) is 1.91. The van der Waals surface area contributed by atoms with Crippen LogP contribution in [0.2, 0.25) is 0 Å². The average Bonchev–Trinajstić information content (AvgIpc) is 2.62. The molecule has 13 heavy (non-hydrogen) atoms. The summed E-state index contributed by atoms with van der Waals surface area (Å²) in [4.78, 5) is 8.48. The molecule has 1 unspecified atom stereocenters. The van der Waals surface area contributed by atoms with E-state index in [4.69, 9.17) is 10.5 Å². The number of hydrogen-bond donors (Lipinski definition) is 1. The van der Waals surface area contributed by atoms with Gasteiger partial charge in [-0.15, -0.1) is 0 Å². The van der Waals surface area contributed by atoms with Crippen LogP contribution < -0.4 is 5.73 Å². The van der Waals surface area contributed by atoms with Crippen LogP contribution in [0, 0.1) is 3.57 Å². The number of nitrogens with zero attached hydrogens (tertiary/aromatic N) is 2. The fourth-order valence-electron chi connectivity index (χ4n) is 1.33. The van der Waals surface area contributed by atoms with Crippen molar-refractivity contribution in [2.45, 2.75) is 12.3 Å². The fourth-order valence-corrected chi connectivity index (χ4v) is 1.59. The molecule has 1 fully saturated rings. The summed E-state index contributed by atoms with van der Waals surface area (Å²) < 4.78 is 6.16. The minimum absolute atomic E-state index is 0.333. The van der Waals surface area contributed by atoms with Crippen LogP contribution in [0.3, 0.4) is 0 Å². The molecule has 0 bridgehead atoms. The number of nitrogen functional groups attached to an aromatic ring is 1. The molecular weight excluding hydrogens is 281 g/mol. The Morgan fingerprint density at radius 1 is 1.62 bits per heavy atom. The second-order valence-electron chi connectivity index (χ2n) is 3.02. The minimum Gasteiger partial charge on any atom is -0.383 e. The number of aromatic nitrogens is 2. The predicted molar refractivity (Wildman–Crippen MR) is 57.3 cm³/mol. The van der Waals surface area contributed by atoms with Gasteiger partial charge in [-0.1, -0.05) is 0 Å². The van der Waals surface area contributed by atoms with E-state index in [-0.39, 0.29) is 0 Å². The normalized spacial score (nSPS) is 22.1. The van der Waals surface area contributed by atoms with Crippen LogP contribution in [-0.2, 0) is 4.74 Å². The minimum atomic E-state index is 0.333. The zero-order valence-electron chi connectivity index (χ0n) is 7.03. The lowest BCUT2D eigenvalue weighted by atomic mass is 10.1. The Hall–Kier alpha value is -0.430. The monoisotopic (exact) mass is 291 g/mol. The van der Waals surface area contributed by atoms with E-state index in [1.807, 2.05) is 0 Å². The van der Waals surface area contributed by atoms with Crippen molar-refractivity contribution in [2.75, 3.05) is 18.9 Å². The van der Waals surface area contributed by atoms with Gasteiger partial charge in [0.2, 0.25) is 0 Å². The summed E-state index contributed by atoms with van der Waals surface area (Å²) in [6, 6.07) is 0. The molecule has 0 saturated carbocycles. The van der Waals surface area contributed by atoms with E-state index in [0.29, 0.717) is 11.7 Å². The maximum Gasteiger partial charge on any atom is 0.140 e. The first-order valence-electron chi connectivity index (χ1n) is 4.13. The summed E-state index contributed by atoms with van der Waals surface area (Å²) in [5.41, 5.74) is 5.69. The number of halogens is 1. The SMILES string of the molecule is Nc1nc(C2CCOC2)ncc1I. The van der Waals surface area contributed by atoms with Crippen molar-refractivity contribution < 1.29 is 4.74 Å². The van der Waals surface area contributed by atoms with E-state index < -0.39 is 0 Å². The molecule has 0 spiro atoms. The van der Waals surface area contributed by atoms with Crippen molar-refractivity contribution >= 4 is 28.4 Å². The number of hydrogen-bond acceptors (Lipinski definition) is 4. The summed E-state index contributed by atoms with van der Waals surface area (Å²) in [7, 11) is 0. The molecule has 1 aromatic rings. The van der Waals surface area contributed by atoms with E-state index in [0.717, 1.165) is 29.0 Å². The Balaban J connectivity index is 2.25. The standard InChI is InChI=1S/C8H10IN3O/c9-6-3-11-8(12-7(6)10)5-1-2-13-4-5/h3,5H,1-2,4H2,(H2,10,11,12). The lowest BCUT2D eigenvalue weighted by Gasteiger charge is -2.06. The molecule has 1 aliphatic heterocycles. The quantitative estimate of drug-likeness (QED) is 0.789. The molecule has 0 aromatic carbocycles. The summed E-state index contributed by atoms with van der Waals surface area (Å²) in [5, 5.41) is 0. The first-order valence-corrected chi connectivity index (χ1v) is 5.21. The van der Waals surface area contributed by atoms with Crippen LogP contribution in [0.1, 0.15) is 18.2 Å². The van der Waals surface area contributed by atoms with Gasteiger partial charge in [-0.05, 0) is 29.0 Å². The smallest absolute Gasteiger partial charge is 0.140 e. The zero-order chi connectivity index (χ0) is 9.26. The van der Waals surface area contributed by atoms with Crippen molar-refractivity contribution in [3.8, 4) is 0 Å². The van der Waals surface area contributed by atoms with Gasteiger partial charge >= 0.3 is 0 Å². The zero-order valence-corrected chi connectivity index (χ0v) is 9.19. The van der Waals surface area contributed by atoms with Crippen molar-refractivity contribution in [3.63, 3.8) is 0 Å². The van der Waals surface area contributed by atoms with Gasteiger partial charge in [-0.2, -0.15) is 0 Å². The van der Waals surface area contributed by atoms with E-state index >= 15 is 0 Å². The molecule has 2 heterocycles. The average molecular weight is 291 g/mol. The molecule has 5 heteroatoms.